The van der Waals surface area contributed by atoms with Crippen LogP contribution in [0, 0.1) is 0 Å². The molecule has 0 radical (unpaired) electrons. The van der Waals surface area contributed by atoms with Crippen molar-refractivity contribution in [2.45, 2.75) is 24.8 Å². The first-order valence-corrected chi connectivity index (χ1v) is 15.5. The number of sulfonamides is 1. The van der Waals surface area contributed by atoms with Gasteiger partial charge in [-0.2, -0.15) is 0 Å². The van der Waals surface area contributed by atoms with Crippen LogP contribution in [0.2, 0.25) is 5.02 Å². The largest absolute Gasteiger partial charge is 0.319 e. The van der Waals surface area contributed by atoms with Crippen molar-refractivity contribution in [1.29, 1.82) is 0 Å². The lowest BCUT2D eigenvalue weighted by molar-refractivity contribution is 0.280. The van der Waals surface area contributed by atoms with Gasteiger partial charge < -0.3 is 4.57 Å². The molecule has 2 aromatic carbocycles. The van der Waals surface area contributed by atoms with Crippen molar-refractivity contribution in [3.63, 3.8) is 0 Å². The topological polar surface area (TPSA) is 81.0 Å². The molecule has 0 spiro atoms. The Hall–Kier alpha value is -3.11. The zero-order valence-corrected chi connectivity index (χ0v) is 23.1. The van der Waals surface area contributed by atoms with Crippen LogP contribution < -0.4 is 0 Å². The molecule has 5 aromatic rings. The SMILES string of the molecule is CS(=O)(=O)N1CCC(n2c(-c3ccccn3)nc3ccc(C(c4ccc(Cl)cc4)c4nccs4)cc32)CC1. The van der Waals surface area contributed by atoms with E-state index in [9.17, 15) is 8.42 Å². The summed E-state index contributed by atoms with van der Waals surface area (Å²) in [5, 5.41) is 3.69. The predicted octanol–water partition coefficient (Wildman–Crippen LogP) is 5.98. The minimum absolute atomic E-state index is 0.0506. The molecule has 1 aliphatic heterocycles. The zero-order chi connectivity index (χ0) is 26.3. The molecule has 0 bridgehead atoms. The van der Waals surface area contributed by atoms with E-state index in [0.29, 0.717) is 31.0 Å². The number of hydrogen-bond donors (Lipinski definition) is 0. The summed E-state index contributed by atoms with van der Waals surface area (Å²) in [7, 11) is -3.22. The number of rotatable bonds is 6. The number of piperidine rings is 1. The van der Waals surface area contributed by atoms with E-state index in [4.69, 9.17) is 16.6 Å². The normalized spacial score (nSPS) is 16.2. The molecule has 7 nitrogen and oxygen atoms in total. The van der Waals surface area contributed by atoms with Gasteiger partial charge >= 0.3 is 0 Å². The summed E-state index contributed by atoms with van der Waals surface area (Å²) in [6.07, 6.45) is 6.29. The van der Waals surface area contributed by atoms with Gasteiger partial charge in [0.05, 0.1) is 23.2 Å². The maximum atomic E-state index is 12.2. The number of thiazole rings is 1. The number of imidazole rings is 1. The lowest BCUT2D eigenvalue weighted by Gasteiger charge is -2.32. The van der Waals surface area contributed by atoms with Gasteiger partial charge in [0.15, 0.2) is 5.82 Å². The molecule has 1 saturated heterocycles. The van der Waals surface area contributed by atoms with Crippen LogP contribution in [0.3, 0.4) is 0 Å². The highest BCUT2D eigenvalue weighted by molar-refractivity contribution is 7.88. The van der Waals surface area contributed by atoms with Crippen LogP contribution in [-0.2, 0) is 10.0 Å². The predicted molar refractivity (Wildman–Crippen MR) is 152 cm³/mol. The van der Waals surface area contributed by atoms with Crippen LogP contribution in [0.4, 0.5) is 0 Å². The van der Waals surface area contributed by atoms with E-state index in [1.807, 2.05) is 41.9 Å². The Labute approximate surface area is 230 Å². The van der Waals surface area contributed by atoms with Crippen molar-refractivity contribution >= 4 is 44.0 Å². The van der Waals surface area contributed by atoms with Crippen molar-refractivity contribution in [3.05, 3.63) is 99.6 Å². The van der Waals surface area contributed by atoms with Gasteiger partial charge in [0.2, 0.25) is 10.0 Å². The van der Waals surface area contributed by atoms with Crippen LogP contribution in [0.15, 0.2) is 78.4 Å². The third kappa shape index (κ3) is 4.87. The van der Waals surface area contributed by atoms with Gasteiger partial charge in [-0.3, -0.25) is 4.98 Å². The molecule has 1 unspecified atom stereocenters. The standard InChI is InChI=1S/C28H26ClN5O2S2/c1-38(35,36)33-15-11-22(12-16-33)34-25-18-20(7-10-23(25)32-27(34)24-4-2-3-13-30-24)26(28-31-14-17-37-28)19-5-8-21(29)9-6-19/h2-10,13-14,17-18,22,26H,11-12,15-16H2,1H3. The van der Waals surface area contributed by atoms with Crippen LogP contribution >= 0.6 is 22.9 Å². The molecule has 0 N–H and O–H groups in total. The van der Waals surface area contributed by atoms with E-state index in [1.54, 1.807) is 21.8 Å². The number of benzene rings is 2. The zero-order valence-electron chi connectivity index (χ0n) is 20.7. The smallest absolute Gasteiger partial charge is 0.211 e. The molecule has 4 heterocycles. The second kappa shape index (κ2) is 10.2. The fourth-order valence-electron chi connectivity index (χ4n) is 5.28. The number of halogens is 1. The fourth-order valence-corrected chi connectivity index (χ4v) is 7.07. The maximum Gasteiger partial charge on any atom is 0.211 e. The summed E-state index contributed by atoms with van der Waals surface area (Å²) in [5.41, 5.74) is 4.91. The molecular weight excluding hydrogens is 538 g/mol. The third-order valence-electron chi connectivity index (χ3n) is 7.10. The second-order valence-electron chi connectivity index (χ2n) is 9.52. The number of nitrogens with zero attached hydrogens (tertiary/aromatic N) is 5. The minimum atomic E-state index is -3.22. The van der Waals surface area contributed by atoms with E-state index >= 15 is 0 Å². The first kappa shape index (κ1) is 25.2. The van der Waals surface area contributed by atoms with Crippen molar-refractivity contribution in [2.24, 2.45) is 0 Å². The number of pyridine rings is 1. The molecule has 0 saturated carbocycles. The number of fused-ring (bicyclic) bond motifs is 1. The highest BCUT2D eigenvalue weighted by atomic mass is 35.5. The first-order valence-electron chi connectivity index (χ1n) is 12.4. The van der Waals surface area contributed by atoms with E-state index in [2.05, 4.69) is 44.9 Å². The highest BCUT2D eigenvalue weighted by Gasteiger charge is 2.29. The molecule has 10 heteroatoms. The molecule has 1 atom stereocenters. The molecule has 3 aromatic heterocycles. The van der Waals surface area contributed by atoms with Gasteiger partial charge in [-0.05, 0) is 60.4 Å². The van der Waals surface area contributed by atoms with Crippen molar-refractivity contribution < 1.29 is 8.42 Å². The Balaban J connectivity index is 1.49. The molecular formula is C28H26ClN5O2S2. The maximum absolute atomic E-state index is 12.2. The molecule has 194 valence electrons. The molecule has 1 aliphatic rings. The van der Waals surface area contributed by atoms with Crippen molar-refractivity contribution in [1.82, 2.24) is 23.8 Å². The summed E-state index contributed by atoms with van der Waals surface area (Å²) >= 11 is 7.83. The lowest BCUT2D eigenvalue weighted by Crippen LogP contribution is -2.38. The average molecular weight is 564 g/mol. The first-order chi connectivity index (χ1) is 18.4. The van der Waals surface area contributed by atoms with Crippen LogP contribution in [0.5, 0.6) is 0 Å². The van der Waals surface area contributed by atoms with E-state index in [1.165, 1.54) is 6.26 Å². The van der Waals surface area contributed by atoms with Crippen LogP contribution in [0.25, 0.3) is 22.6 Å². The minimum Gasteiger partial charge on any atom is -0.319 e. The van der Waals surface area contributed by atoms with E-state index < -0.39 is 10.0 Å². The summed E-state index contributed by atoms with van der Waals surface area (Å²) in [5.74, 6) is 0.748. The lowest BCUT2D eigenvalue weighted by atomic mass is 9.91. The Morgan fingerprint density at radius 2 is 1.74 bits per heavy atom. The Morgan fingerprint density at radius 3 is 2.39 bits per heavy atom. The summed E-state index contributed by atoms with van der Waals surface area (Å²) in [4.78, 5) is 14.3. The van der Waals surface area contributed by atoms with Gasteiger partial charge in [-0.15, -0.1) is 11.3 Å². The molecule has 0 amide bonds. The van der Waals surface area contributed by atoms with E-state index in [-0.39, 0.29) is 12.0 Å². The summed E-state index contributed by atoms with van der Waals surface area (Å²) < 4.78 is 28.1. The van der Waals surface area contributed by atoms with Gasteiger partial charge in [-0.25, -0.2) is 22.7 Å². The number of aromatic nitrogens is 4. The Morgan fingerprint density at radius 1 is 0.974 bits per heavy atom. The highest BCUT2D eigenvalue weighted by Crippen LogP contribution is 2.38. The Kier molecular flexibility index (Phi) is 6.77. The van der Waals surface area contributed by atoms with Crippen molar-refractivity contribution in [2.75, 3.05) is 19.3 Å². The van der Waals surface area contributed by atoms with Gasteiger partial charge in [0.1, 0.15) is 10.7 Å². The quantitative estimate of drug-likeness (QED) is 0.254. The monoisotopic (exact) mass is 563 g/mol. The Bertz CT molecular complexity index is 1660. The summed E-state index contributed by atoms with van der Waals surface area (Å²) in [6, 6.07) is 20.2. The summed E-state index contributed by atoms with van der Waals surface area (Å²) in [6.45, 7) is 0.966. The average Bonchev–Trinajstić information content (AvgIpc) is 3.58. The third-order valence-corrected chi connectivity index (χ3v) is 9.50. The van der Waals surface area contributed by atoms with Crippen LogP contribution in [-0.4, -0.2) is 51.6 Å². The van der Waals surface area contributed by atoms with Gasteiger partial charge in [0, 0.05) is 41.9 Å². The molecule has 1 fully saturated rings. The van der Waals surface area contributed by atoms with E-state index in [0.717, 1.165) is 38.7 Å². The van der Waals surface area contributed by atoms with Gasteiger partial charge in [-0.1, -0.05) is 35.9 Å². The van der Waals surface area contributed by atoms with Crippen LogP contribution in [0.1, 0.15) is 40.9 Å². The molecule has 38 heavy (non-hydrogen) atoms. The second-order valence-corrected chi connectivity index (χ2v) is 12.9. The van der Waals surface area contributed by atoms with Gasteiger partial charge in [0.25, 0.3) is 0 Å². The fraction of sp³-hybridized carbons (Fsp3) is 0.250. The molecule has 0 aliphatic carbocycles. The molecule has 6 rings (SSSR count). The van der Waals surface area contributed by atoms with Crippen molar-refractivity contribution in [3.8, 4) is 11.5 Å². The number of hydrogen-bond acceptors (Lipinski definition) is 6.